The summed E-state index contributed by atoms with van der Waals surface area (Å²) in [6.07, 6.45) is 1.13. The van der Waals surface area contributed by atoms with Gasteiger partial charge in [-0.3, -0.25) is 0 Å². The van der Waals surface area contributed by atoms with Gasteiger partial charge < -0.3 is 24.4 Å². The van der Waals surface area contributed by atoms with Crippen LogP contribution in [0.1, 0.15) is 18.9 Å². The van der Waals surface area contributed by atoms with E-state index in [4.69, 9.17) is 19.2 Å². The largest absolute Gasteiger partial charge is 0.491 e. The van der Waals surface area contributed by atoms with Crippen molar-refractivity contribution in [1.82, 2.24) is 10.2 Å². The van der Waals surface area contributed by atoms with E-state index in [1.54, 1.807) is 7.11 Å². The Bertz CT molecular complexity index is 513. The number of hydrogen-bond acceptors (Lipinski definition) is 4. The number of rotatable bonds is 9. The third-order valence-electron chi connectivity index (χ3n) is 4.14. The third kappa shape index (κ3) is 6.92. The summed E-state index contributed by atoms with van der Waals surface area (Å²) in [6.45, 7) is 7.46. The molecule has 0 bridgehead atoms. The van der Waals surface area contributed by atoms with Gasteiger partial charge in [0.2, 0.25) is 0 Å². The van der Waals surface area contributed by atoms with Gasteiger partial charge in [-0.25, -0.2) is 4.99 Å². The van der Waals surface area contributed by atoms with Gasteiger partial charge in [0, 0.05) is 39.8 Å². The van der Waals surface area contributed by atoms with Crippen molar-refractivity contribution in [2.24, 2.45) is 10.9 Å². The smallest absolute Gasteiger partial charge is 0.193 e. The van der Waals surface area contributed by atoms with Crippen LogP contribution in [0.4, 0.5) is 0 Å². The van der Waals surface area contributed by atoms with Gasteiger partial charge in [-0.2, -0.15) is 0 Å². The zero-order chi connectivity index (χ0) is 17.9. The lowest BCUT2D eigenvalue weighted by molar-refractivity contribution is 0.146. The molecule has 1 heterocycles. The van der Waals surface area contributed by atoms with Crippen molar-refractivity contribution < 1.29 is 14.2 Å². The van der Waals surface area contributed by atoms with Gasteiger partial charge in [0.15, 0.2) is 5.96 Å². The summed E-state index contributed by atoms with van der Waals surface area (Å²) in [5, 5.41) is 3.37. The van der Waals surface area contributed by atoms with Gasteiger partial charge in [-0.1, -0.05) is 12.1 Å². The molecule has 25 heavy (non-hydrogen) atoms. The van der Waals surface area contributed by atoms with E-state index in [9.17, 15) is 0 Å². The standard InChI is InChI=1S/C19H31N3O3/c1-4-20-19(22(2)14-17-9-10-24-15-17)21-13-16-5-7-18(8-6-16)25-12-11-23-3/h5-8,17H,4,9-15H2,1-3H3,(H,20,21). The molecular formula is C19H31N3O3. The molecule has 2 rings (SSSR count). The lowest BCUT2D eigenvalue weighted by atomic mass is 10.1. The zero-order valence-corrected chi connectivity index (χ0v) is 15.7. The van der Waals surface area contributed by atoms with Crippen molar-refractivity contribution in [2.45, 2.75) is 19.9 Å². The Labute approximate surface area is 151 Å². The Balaban J connectivity index is 1.88. The summed E-state index contributed by atoms with van der Waals surface area (Å²) < 4.78 is 16.0. The van der Waals surface area contributed by atoms with Crippen LogP contribution in [0.3, 0.4) is 0 Å². The Morgan fingerprint density at radius 1 is 1.32 bits per heavy atom. The average Bonchev–Trinajstić information content (AvgIpc) is 3.13. The molecule has 1 aromatic carbocycles. The molecule has 1 saturated heterocycles. The van der Waals surface area contributed by atoms with E-state index < -0.39 is 0 Å². The molecule has 1 aliphatic rings. The fraction of sp³-hybridized carbons (Fsp3) is 0.632. The van der Waals surface area contributed by atoms with Crippen LogP contribution in [0.2, 0.25) is 0 Å². The molecule has 1 fully saturated rings. The highest BCUT2D eigenvalue weighted by Gasteiger charge is 2.18. The molecular weight excluding hydrogens is 318 g/mol. The number of nitrogens with zero attached hydrogens (tertiary/aromatic N) is 2. The van der Waals surface area contributed by atoms with Gasteiger partial charge in [-0.05, 0) is 31.0 Å². The van der Waals surface area contributed by atoms with Crippen LogP contribution in [0.15, 0.2) is 29.3 Å². The Morgan fingerprint density at radius 2 is 2.12 bits per heavy atom. The van der Waals surface area contributed by atoms with E-state index in [1.807, 2.05) is 12.1 Å². The molecule has 0 saturated carbocycles. The van der Waals surface area contributed by atoms with Gasteiger partial charge >= 0.3 is 0 Å². The summed E-state index contributed by atoms with van der Waals surface area (Å²) in [6, 6.07) is 8.07. The Hall–Kier alpha value is -1.79. The van der Waals surface area contributed by atoms with E-state index in [0.29, 0.717) is 25.7 Å². The predicted molar refractivity (Wildman–Crippen MR) is 100 cm³/mol. The maximum Gasteiger partial charge on any atom is 0.193 e. The SMILES string of the molecule is CCNC(=NCc1ccc(OCCOC)cc1)N(C)CC1CCOC1. The van der Waals surface area contributed by atoms with Crippen LogP contribution in [-0.4, -0.2) is 64.5 Å². The van der Waals surface area contributed by atoms with Gasteiger partial charge in [0.25, 0.3) is 0 Å². The molecule has 1 aliphatic heterocycles. The van der Waals surface area contributed by atoms with Gasteiger partial charge in [0.05, 0.1) is 19.8 Å². The molecule has 6 heteroatoms. The lowest BCUT2D eigenvalue weighted by Crippen LogP contribution is -2.41. The van der Waals surface area contributed by atoms with E-state index in [1.165, 1.54) is 0 Å². The fourth-order valence-corrected chi connectivity index (χ4v) is 2.77. The number of aliphatic imine (C=N–C) groups is 1. The summed E-state index contributed by atoms with van der Waals surface area (Å²) in [5.41, 5.74) is 1.16. The fourth-order valence-electron chi connectivity index (χ4n) is 2.77. The third-order valence-corrected chi connectivity index (χ3v) is 4.14. The second-order valence-electron chi connectivity index (χ2n) is 6.27. The lowest BCUT2D eigenvalue weighted by Gasteiger charge is -2.24. The molecule has 1 N–H and O–H groups in total. The molecule has 0 aliphatic carbocycles. The maximum absolute atomic E-state index is 5.58. The van der Waals surface area contributed by atoms with Crippen LogP contribution in [0.5, 0.6) is 5.75 Å². The molecule has 0 spiro atoms. The monoisotopic (exact) mass is 349 g/mol. The minimum Gasteiger partial charge on any atom is -0.491 e. The molecule has 1 atom stereocenters. The second-order valence-corrected chi connectivity index (χ2v) is 6.27. The van der Waals surface area contributed by atoms with Crippen LogP contribution in [0, 0.1) is 5.92 Å². The first-order valence-corrected chi connectivity index (χ1v) is 9.00. The molecule has 0 aromatic heterocycles. The normalized spacial score (nSPS) is 17.6. The summed E-state index contributed by atoms with van der Waals surface area (Å²) in [7, 11) is 3.76. The van der Waals surface area contributed by atoms with Crippen molar-refractivity contribution in [3.63, 3.8) is 0 Å². The zero-order valence-electron chi connectivity index (χ0n) is 15.7. The number of hydrogen-bond donors (Lipinski definition) is 1. The van der Waals surface area contributed by atoms with Crippen molar-refractivity contribution in [1.29, 1.82) is 0 Å². The highest BCUT2D eigenvalue weighted by Crippen LogP contribution is 2.14. The molecule has 140 valence electrons. The first-order valence-electron chi connectivity index (χ1n) is 9.00. The Kier molecular flexibility index (Phi) is 8.55. The minimum atomic E-state index is 0.564. The maximum atomic E-state index is 5.58. The van der Waals surface area contributed by atoms with Crippen molar-refractivity contribution >= 4 is 5.96 Å². The number of benzene rings is 1. The molecule has 0 amide bonds. The highest BCUT2D eigenvalue weighted by atomic mass is 16.5. The first kappa shape index (κ1) is 19.5. The first-order chi connectivity index (χ1) is 12.2. The van der Waals surface area contributed by atoms with Crippen LogP contribution < -0.4 is 10.1 Å². The topological polar surface area (TPSA) is 55.3 Å². The molecule has 0 radical (unpaired) electrons. The van der Waals surface area contributed by atoms with E-state index >= 15 is 0 Å². The number of methoxy groups -OCH3 is 1. The summed E-state index contributed by atoms with van der Waals surface area (Å²) >= 11 is 0. The minimum absolute atomic E-state index is 0.564. The molecule has 6 nitrogen and oxygen atoms in total. The predicted octanol–water partition coefficient (Wildman–Crippen LogP) is 2.15. The van der Waals surface area contributed by atoms with Crippen LogP contribution in [-0.2, 0) is 16.0 Å². The summed E-state index contributed by atoms with van der Waals surface area (Å²) in [4.78, 5) is 6.96. The molecule has 1 unspecified atom stereocenters. The number of ether oxygens (including phenoxy) is 3. The van der Waals surface area contributed by atoms with Crippen molar-refractivity contribution in [2.75, 3.05) is 53.7 Å². The summed E-state index contributed by atoms with van der Waals surface area (Å²) in [5.74, 6) is 2.39. The average molecular weight is 349 g/mol. The highest BCUT2D eigenvalue weighted by molar-refractivity contribution is 5.79. The van der Waals surface area contributed by atoms with Crippen LogP contribution in [0.25, 0.3) is 0 Å². The number of guanidine groups is 1. The van der Waals surface area contributed by atoms with E-state index in [0.717, 1.165) is 50.0 Å². The second kappa shape index (κ2) is 10.9. The number of nitrogens with one attached hydrogen (secondary N) is 1. The van der Waals surface area contributed by atoms with Crippen LogP contribution >= 0.6 is 0 Å². The van der Waals surface area contributed by atoms with E-state index in [2.05, 4.69) is 36.3 Å². The Morgan fingerprint density at radius 3 is 2.76 bits per heavy atom. The quantitative estimate of drug-likeness (QED) is 0.421. The van der Waals surface area contributed by atoms with E-state index in [-0.39, 0.29) is 0 Å². The van der Waals surface area contributed by atoms with Crippen molar-refractivity contribution in [3.8, 4) is 5.75 Å². The van der Waals surface area contributed by atoms with Gasteiger partial charge in [-0.15, -0.1) is 0 Å². The molecule has 1 aromatic rings. The van der Waals surface area contributed by atoms with Crippen molar-refractivity contribution in [3.05, 3.63) is 29.8 Å². The van der Waals surface area contributed by atoms with Gasteiger partial charge in [0.1, 0.15) is 12.4 Å².